The van der Waals surface area contributed by atoms with E-state index in [9.17, 15) is 14.4 Å². The molecular weight excluding hydrogens is 985 g/mol. The molecule has 0 rings (SSSR count). The molecular formula is C74H126O6. The minimum absolute atomic E-state index is 0.0866. The highest BCUT2D eigenvalue weighted by Gasteiger charge is 2.19. The Hall–Kier alpha value is -3.93. The molecule has 0 radical (unpaired) electrons. The van der Waals surface area contributed by atoms with Gasteiger partial charge >= 0.3 is 17.9 Å². The predicted octanol–water partition coefficient (Wildman–Crippen LogP) is 23.4. The van der Waals surface area contributed by atoms with Crippen molar-refractivity contribution in [3.8, 4) is 0 Å². The normalized spacial score (nSPS) is 12.8. The summed E-state index contributed by atoms with van der Waals surface area (Å²) < 4.78 is 17.0. The average molecular weight is 1110 g/mol. The van der Waals surface area contributed by atoms with E-state index in [1.54, 1.807) is 0 Å². The van der Waals surface area contributed by atoms with Crippen molar-refractivity contribution < 1.29 is 28.6 Å². The van der Waals surface area contributed by atoms with Gasteiger partial charge in [-0.3, -0.25) is 14.4 Å². The highest BCUT2D eigenvalue weighted by Crippen LogP contribution is 2.17. The van der Waals surface area contributed by atoms with Gasteiger partial charge in [-0.05, 0) is 103 Å². The van der Waals surface area contributed by atoms with Gasteiger partial charge in [0.2, 0.25) is 0 Å². The summed E-state index contributed by atoms with van der Waals surface area (Å²) in [4.78, 5) is 38.4. The Morgan fingerprint density at radius 2 is 0.487 bits per heavy atom. The molecule has 0 aliphatic heterocycles. The van der Waals surface area contributed by atoms with Crippen LogP contribution in [0.3, 0.4) is 0 Å². The van der Waals surface area contributed by atoms with E-state index < -0.39 is 6.10 Å². The molecule has 0 amide bonds. The van der Waals surface area contributed by atoms with Gasteiger partial charge in [0, 0.05) is 19.3 Å². The SMILES string of the molecule is CC/C=C\C/C=C\C/C=C\C/C=C\C/C=C\C/C=C\CCCCCCCCCCC(=O)OCC(COC(=O)CCCCCCC/C=C\C/C=C\C/C=C\CC)OC(=O)CCCCCCCCCCCCCCCCCCCCCC. The molecule has 6 nitrogen and oxygen atoms in total. The minimum Gasteiger partial charge on any atom is -0.462 e. The summed E-state index contributed by atoms with van der Waals surface area (Å²) in [6, 6.07) is 0. The number of esters is 3. The summed E-state index contributed by atoms with van der Waals surface area (Å²) >= 11 is 0. The topological polar surface area (TPSA) is 78.9 Å². The molecule has 0 saturated heterocycles. The first kappa shape index (κ1) is 76.1. The molecule has 0 aromatic carbocycles. The van der Waals surface area contributed by atoms with Gasteiger partial charge in [0.25, 0.3) is 0 Å². The van der Waals surface area contributed by atoms with Crippen LogP contribution in [0.25, 0.3) is 0 Å². The number of rotatable bonds is 61. The van der Waals surface area contributed by atoms with Crippen molar-refractivity contribution >= 4 is 17.9 Å². The lowest BCUT2D eigenvalue weighted by molar-refractivity contribution is -0.167. The number of carbonyl (C=O) groups is 3. The number of carbonyl (C=O) groups excluding carboxylic acids is 3. The zero-order valence-corrected chi connectivity index (χ0v) is 52.6. The smallest absolute Gasteiger partial charge is 0.306 e. The van der Waals surface area contributed by atoms with Gasteiger partial charge in [-0.1, -0.05) is 310 Å². The molecule has 0 aromatic heterocycles. The van der Waals surface area contributed by atoms with Crippen LogP contribution in [0.2, 0.25) is 0 Å². The van der Waals surface area contributed by atoms with E-state index >= 15 is 0 Å². The molecule has 0 heterocycles. The largest absolute Gasteiger partial charge is 0.462 e. The molecule has 0 saturated carbocycles. The monoisotopic (exact) mass is 1110 g/mol. The fourth-order valence-electron chi connectivity index (χ4n) is 9.52. The minimum atomic E-state index is -0.790. The van der Waals surface area contributed by atoms with Crippen LogP contribution in [0, 0.1) is 0 Å². The zero-order chi connectivity index (χ0) is 57.8. The molecule has 80 heavy (non-hydrogen) atoms. The first-order valence-corrected chi connectivity index (χ1v) is 33.9. The third-order valence-corrected chi connectivity index (χ3v) is 14.5. The van der Waals surface area contributed by atoms with Gasteiger partial charge in [0.1, 0.15) is 13.2 Å². The number of ether oxygens (including phenoxy) is 3. The number of hydrogen-bond donors (Lipinski definition) is 0. The van der Waals surface area contributed by atoms with Crippen molar-refractivity contribution in [1.29, 1.82) is 0 Å². The van der Waals surface area contributed by atoms with Crippen LogP contribution in [0.15, 0.2) is 109 Å². The zero-order valence-electron chi connectivity index (χ0n) is 52.6. The first-order valence-electron chi connectivity index (χ1n) is 33.9. The summed E-state index contributed by atoms with van der Waals surface area (Å²) in [6.07, 6.45) is 92.4. The lowest BCUT2D eigenvalue weighted by Crippen LogP contribution is -2.30. The van der Waals surface area contributed by atoms with E-state index in [0.717, 1.165) is 141 Å². The lowest BCUT2D eigenvalue weighted by Gasteiger charge is -2.18. The highest BCUT2D eigenvalue weighted by molar-refractivity contribution is 5.71. The van der Waals surface area contributed by atoms with E-state index in [2.05, 4.69) is 130 Å². The van der Waals surface area contributed by atoms with Crippen LogP contribution in [0.5, 0.6) is 0 Å². The van der Waals surface area contributed by atoms with Crippen molar-refractivity contribution in [1.82, 2.24) is 0 Å². The van der Waals surface area contributed by atoms with Gasteiger partial charge in [0.05, 0.1) is 0 Å². The quantitative estimate of drug-likeness (QED) is 0.0261. The number of allylic oxidation sites excluding steroid dienone is 18. The third-order valence-electron chi connectivity index (χ3n) is 14.5. The van der Waals surface area contributed by atoms with E-state index in [1.807, 2.05) is 0 Å². The van der Waals surface area contributed by atoms with Crippen LogP contribution in [0.4, 0.5) is 0 Å². The van der Waals surface area contributed by atoms with E-state index in [1.165, 1.54) is 141 Å². The first-order chi connectivity index (χ1) is 39.5. The molecule has 1 unspecified atom stereocenters. The Morgan fingerprint density at radius 3 is 0.762 bits per heavy atom. The Bertz CT molecular complexity index is 1610. The van der Waals surface area contributed by atoms with Crippen LogP contribution in [-0.2, 0) is 28.6 Å². The van der Waals surface area contributed by atoms with E-state index in [4.69, 9.17) is 14.2 Å². The van der Waals surface area contributed by atoms with Crippen molar-refractivity contribution in [3.63, 3.8) is 0 Å². The molecule has 0 aliphatic rings. The molecule has 0 bridgehead atoms. The summed E-state index contributed by atoms with van der Waals surface area (Å²) in [5.74, 6) is -0.898. The molecule has 0 N–H and O–H groups in total. The second-order valence-corrected chi connectivity index (χ2v) is 22.3. The van der Waals surface area contributed by atoms with Gasteiger partial charge in [-0.2, -0.15) is 0 Å². The summed E-state index contributed by atoms with van der Waals surface area (Å²) in [7, 11) is 0. The fourth-order valence-corrected chi connectivity index (χ4v) is 9.52. The fraction of sp³-hybridized carbons (Fsp3) is 0.716. The highest BCUT2D eigenvalue weighted by atomic mass is 16.6. The van der Waals surface area contributed by atoms with Crippen molar-refractivity contribution in [2.75, 3.05) is 13.2 Å². The van der Waals surface area contributed by atoms with Crippen molar-refractivity contribution in [3.05, 3.63) is 109 Å². The summed E-state index contributed by atoms with van der Waals surface area (Å²) in [5.41, 5.74) is 0. The third kappa shape index (κ3) is 64.9. The second-order valence-electron chi connectivity index (χ2n) is 22.3. The number of hydrogen-bond acceptors (Lipinski definition) is 6. The molecule has 1 atom stereocenters. The van der Waals surface area contributed by atoms with E-state index in [-0.39, 0.29) is 31.1 Å². The molecule has 6 heteroatoms. The van der Waals surface area contributed by atoms with Gasteiger partial charge in [-0.15, -0.1) is 0 Å². The van der Waals surface area contributed by atoms with Gasteiger partial charge in [0.15, 0.2) is 6.10 Å². The molecule has 0 aliphatic carbocycles. The second kappa shape index (κ2) is 67.6. The maximum Gasteiger partial charge on any atom is 0.306 e. The predicted molar refractivity (Wildman–Crippen MR) is 348 cm³/mol. The van der Waals surface area contributed by atoms with E-state index in [0.29, 0.717) is 19.3 Å². The number of unbranched alkanes of at least 4 members (excludes halogenated alkanes) is 32. The maximum absolute atomic E-state index is 12.9. The summed E-state index contributed by atoms with van der Waals surface area (Å²) in [6.45, 7) is 6.43. The Balaban J connectivity index is 4.36. The lowest BCUT2D eigenvalue weighted by atomic mass is 10.0. The van der Waals surface area contributed by atoms with Crippen molar-refractivity contribution in [2.45, 2.75) is 329 Å². The van der Waals surface area contributed by atoms with Crippen LogP contribution in [-0.4, -0.2) is 37.2 Å². The molecule has 0 spiro atoms. The standard InChI is InChI=1S/C74H126O6/c1-4-7-10-13-16-19-22-25-28-30-32-34-35-36-37-38-39-40-42-43-46-49-52-55-58-61-64-67-73(76)79-70-71(69-78-72(75)66-63-60-57-54-51-48-45-27-24-21-18-15-12-9-6-3)80-74(77)68-65-62-59-56-53-50-47-44-41-33-31-29-26-23-20-17-14-11-8-5-2/h7,9-10,12,16,18-19,21,25,27-28,32,34,36-37,39-40,45,71H,4-6,8,11,13-15,17,20,22-24,26,29-31,33,35,38,41-44,46-70H2,1-3H3/b10-7-,12-9-,19-16-,21-18-,28-25-,34-32-,37-36-,40-39-,45-27-. The maximum atomic E-state index is 12.9. The Kier molecular flexibility index (Phi) is 64.3. The summed E-state index contributed by atoms with van der Waals surface area (Å²) in [5, 5.41) is 0. The Morgan fingerprint density at radius 1 is 0.263 bits per heavy atom. The average Bonchev–Trinajstić information content (AvgIpc) is 3.46. The molecule has 0 fully saturated rings. The van der Waals surface area contributed by atoms with Crippen molar-refractivity contribution in [2.24, 2.45) is 0 Å². The molecule has 458 valence electrons. The Labute approximate surface area is 495 Å². The van der Waals surface area contributed by atoms with Crippen LogP contribution in [0.1, 0.15) is 323 Å². The van der Waals surface area contributed by atoms with Gasteiger partial charge < -0.3 is 14.2 Å². The van der Waals surface area contributed by atoms with Gasteiger partial charge in [-0.25, -0.2) is 0 Å². The van der Waals surface area contributed by atoms with Crippen LogP contribution < -0.4 is 0 Å². The van der Waals surface area contributed by atoms with Crippen LogP contribution >= 0.6 is 0 Å². The molecule has 0 aromatic rings.